The first kappa shape index (κ1) is 16.9. The van der Waals surface area contributed by atoms with E-state index in [2.05, 4.69) is 65.2 Å². The van der Waals surface area contributed by atoms with Crippen LogP contribution in [0.25, 0.3) is 0 Å². The summed E-state index contributed by atoms with van der Waals surface area (Å²) >= 11 is 0. The molecule has 1 aromatic carbocycles. The summed E-state index contributed by atoms with van der Waals surface area (Å²) in [5, 5.41) is 0. The fourth-order valence-corrected chi connectivity index (χ4v) is 2.78. The van der Waals surface area contributed by atoms with E-state index in [9.17, 15) is 0 Å². The minimum atomic E-state index is 0. The molecule has 0 spiro atoms. The Bertz CT molecular complexity index is 391. The van der Waals surface area contributed by atoms with Crippen LogP contribution in [0.5, 0.6) is 0 Å². The maximum absolute atomic E-state index is 6.36. The van der Waals surface area contributed by atoms with Crippen molar-refractivity contribution in [2.45, 2.75) is 45.6 Å². The van der Waals surface area contributed by atoms with Gasteiger partial charge in [0.15, 0.2) is 6.23 Å². The zero-order valence-corrected chi connectivity index (χ0v) is 14.8. The van der Waals surface area contributed by atoms with Crippen molar-refractivity contribution in [3.05, 3.63) is 35.9 Å². The van der Waals surface area contributed by atoms with Gasteiger partial charge in [0.05, 0.1) is 14.1 Å². The van der Waals surface area contributed by atoms with Crippen LogP contribution in [0.3, 0.4) is 0 Å². The lowest BCUT2D eigenvalue weighted by Gasteiger charge is -2.34. The third-order valence-corrected chi connectivity index (χ3v) is 4.33. The molecular weight excluding hydrogens is 349 g/mol. The molecule has 0 aliphatic carbocycles. The van der Waals surface area contributed by atoms with Crippen LogP contribution in [0.15, 0.2) is 30.3 Å². The van der Waals surface area contributed by atoms with Crippen LogP contribution in [0, 0.1) is 5.92 Å². The molecule has 0 aromatic heterocycles. The third-order valence-electron chi connectivity index (χ3n) is 4.33. The summed E-state index contributed by atoms with van der Waals surface area (Å²) in [6.45, 7) is 6.84. The maximum Gasteiger partial charge on any atom is 0.194 e. The lowest BCUT2D eigenvalue weighted by Crippen LogP contribution is -3.00. The van der Waals surface area contributed by atoms with Crippen molar-refractivity contribution < 1.29 is 33.2 Å². The van der Waals surface area contributed by atoms with E-state index in [-0.39, 0.29) is 30.1 Å². The van der Waals surface area contributed by atoms with Crippen molar-refractivity contribution in [1.29, 1.82) is 0 Å². The number of benzene rings is 1. The SMILES string of the molecule is CC(C)C[C@@H]1O[C@H](c2ccccc2)[C@H](C)[N+]1(C)C.[I-]. The lowest BCUT2D eigenvalue weighted by atomic mass is 10.0. The van der Waals surface area contributed by atoms with Crippen molar-refractivity contribution in [2.75, 3.05) is 14.1 Å². The van der Waals surface area contributed by atoms with Crippen LogP contribution >= 0.6 is 0 Å². The number of nitrogens with zero attached hydrogens (tertiary/aromatic N) is 1. The Balaban J connectivity index is 0.00000180. The van der Waals surface area contributed by atoms with Gasteiger partial charge in [-0.3, -0.25) is 4.48 Å². The van der Waals surface area contributed by atoms with Crippen molar-refractivity contribution in [3.63, 3.8) is 0 Å². The van der Waals surface area contributed by atoms with Gasteiger partial charge in [0, 0.05) is 6.42 Å². The zero-order chi connectivity index (χ0) is 13.3. The van der Waals surface area contributed by atoms with E-state index >= 15 is 0 Å². The van der Waals surface area contributed by atoms with Crippen molar-refractivity contribution in [3.8, 4) is 0 Å². The molecule has 1 aliphatic heterocycles. The maximum atomic E-state index is 6.36. The molecule has 1 saturated heterocycles. The van der Waals surface area contributed by atoms with Gasteiger partial charge in [-0.15, -0.1) is 0 Å². The van der Waals surface area contributed by atoms with Gasteiger partial charge in [-0.25, -0.2) is 0 Å². The molecule has 3 atom stereocenters. The highest BCUT2D eigenvalue weighted by Gasteiger charge is 2.48. The summed E-state index contributed by atoms with van der Waals surface area (Å²) in [7, 11) is 4.58. The summed E-state index contributed by atoms with van der Waals surface area (Å²) in [4.78, 5) is 0. The standard InChI is InChI=1S/C16H26NO.HI/c1-12(2)11-15-17(4,5)13(3)16(18-15)14-9-7-6-8-10-14;/h6-10,12-13,15-16H,11H2,1-5H3;1H/q+1;/p-1/t13-,15-,16-;/m0./s1. The molecule has 2 nitrogen and oxygen atoms in total. The van der Waals surface area contributed by atoms with Crippen LogP contribution in [-0.4, -0.2) is 30.8 Å². The summed E-state index contributed by atoms with van der Waals surface area (Å²) < 4.78 is 7.31. The topological polar surface area (TPSA) is 9.23 Å². The fourth-order valence-electron chi connectivity index (χ4n) is 2.78. The molecule has 1 aromatic rings. The molecule has 0 saturated carbocycles. The predicted molar refractivity (Wildman–Crippen MR) is 75.1 cm³/mol. The summed E-state index contributed by atoms with van der Waals surface area (Å²) in [5.41, 5.74) is 1.31. The molecule has 1 heterocycles. The van der Waals surface area contributed by atoms with E-state index in [0.717, 1.165) is 10.9 Å². The average Bonchev–Trinajstić information content (AvgIpc) is 2.54. The predicted octanol–water partition coefficient (Wildman–Crippen LogP) is 0.599. The lowest BCUT2D eigenvalue weighted by molar-refractivity contribution is -0.935. The second-order valence-corrected chi connectivity index (χ2v) is 6.42. The number of hydrogen-bond donors (Lipinski definition) is 0. The Labute approximate surface area is 134 Å². The minimum Gasteiger partial charge on any atom is -1.00 e. The number of hydrogen-bond acceptors (Lipinski definition) is 1. The Kier molecular flexibility index (Phi) is 5.83. The second-order valence-electron chi connectivity index (χ2n) is 6.42. The quantitative estimate of drug-likeness (QED) is 0.556. The van der Waals surface area contributed by atoms with E-state index in [4.69, 9.17) is 4.74 Å². The fraction of sp³-hybridized carbons (Fsp3) is 0.625. The zero-order valence-electron chi connectivity index (χ0n) is 12.6. The van der Waals surface area contributed by atoms with Gasteiger partial charge in [0.1, 0.15) is 12.1 Å². The van der Waals surface area contributed by atoms with Crippen LogP contribution in [0.2, 0.25) is 0 Å². The Morgan fingerprint density at radius 3 is 2.26 bits per heavy atom. The highest BCUT2D eigenvalue weighted by molar-refractivity contribution is 5.19. The minimum absolute atomic E-state index is 0. The number of quaternary nitrogens is 1. The highest BCUT2D eigenvalue weighted by Crippen LogP contribution is 2.40. The van der Waals surface area contributed by atoms with Crippen LogP contribution in [0.4, 0.5) is 0 Å². The summed E-state index contributed by atoms with van der Waals surface area (Å²) in [6.07, 6.45) is 1.66. The van der Waals surface area contributed by atoms with E-state index in [1.807, 2.05) is 0 Å². The monoisotopic (exact) mass is 375 g/mol. The summed E-state index contributed by atoms with van der Waals surface area (Å²) in [6, 6.07) is 11.1. The Morgan fingerprint density at radius 1 is 1.16 bits per heavy atom. The molecule has 19 heavy (non-hydrogen) atoms. The van der Waals surface area contributed by atoms with E-state index in [1.54, 1.807) is 0 Å². The van der Waals surface area contributed by atoms with Crippen molar-refractivity contribution in [2.24, 2.45) is 5.92 Å². The first-order valence-corrected chi connectivity index (χ1v) is 6.96. The molecule has 0 amide bonds. The number of ether oxygens (including phenoxy) is 1. The van der Waals surface area contributed by atoms with Gasteiger partial charge in [-0.05, 0) is 18.4 Å². The van der Waals surface area contributed by atoms with Crippen molar-refractivity contribution >= 4 is 0 Å². The molecule has 1 fully saturated rings. The largest absolute Gasteiger partial charge is 1.00 e. The van der Waals surface area contributed by atoms with Crippen molar-refractivity contribution in [1.82, 2.24) is 0 Å². The van der Waals surface area contributed by atoms with Gasteiger partial charge in [0.25, 0.3) is 0 Å². The average molecular weight is 375 g/mol. The smallest absolute Gasteiger partial charge is 0.194 e. The Hall–Kier alpha value is -0.130. The molecule has 108 valence electrons. The van der Waals surface area contributed by atoms with Gasteiger partial charge in [-0.2, -0.15) is 0 Å². The first-order chi connectivity index (χ1) is 8.43. The van der Waals surface area contributed by atoms with Crippen LogP contribution in [-0.2, 0) is 4.74 Å². The molecule has 0 bridgehead atoms. The molecule has 3 heteroatoms. The van der Waals surface area contributed by atoms with E-state index < -0.39 is 0 Å². The first-order valence-electron chi connectivity index (χ1n) is 6.96. The Morgan fingerprint density at radius 2 is 1.74 bits per heavy atom. The van der Waals surface area contributed by atoms with Gasteiger partial charge >= 0.3 is 0 Å². The molecule has 1 aliphatic rings. The van der Waals surface area contributed by atoms with E-state index in [0.29, 0.717) is 18.2 Å². The van der Waals surface area contributed by atoms with Crippen LogP contribution < -0.4 is 24.0 Å². The summed E-state index contributed by atoms with van der Waals surface area (Å²) in [5.74, 6) is 0.675. The number of rotatable bonds is 3. The highest BCUT2D eigenvalue weighted by atomic mass is 127. The molecule has 0 radical (unpaired) electrons. The van der Waals surface area contributed by atoms with E-state index in [1.165, 1.54) is 5.56 Å². The number of halogens is 1. The molecule has 0 N–H and O–H groups in total. The molecule has 2 rings (SSSR count). The third kappa shape index (κ3) is 3.50. The molecule has 0 unspecified atom stereocenters. The van der Waals surface area contributed by atoms with Gasteiger partial charge in [0.2, 0.25) is 0 Å². The van der Waals surface area contributed by atoms with Crippen LogP contribution in [0.1, 0.15) is 38.9 Å². The van der Waals surface area contributed by atoms with Gasteiger partial charge in [-0.1, -0.05) is 44.2 Å². The number of likely N-dealkylation sites (N-methyl/N-ethyl adjacent to an activating group) is 1. The molecular formula is C16H26INO. The van der Waals surface area contributed by atoms with Gasteiger partial charge < -0.3 is 28.7 Å². The normalized spacial score (nSPS) is 29.3. The second kappa shape index (κ2) is 6.55.